The molecule has 1 aromatic carbocycles. The second kappa shape index (κ2) is 6.32. The van der Waals surface area contributed by atoms with Gasteiger partial charge in [-0.2, -0.15) is 0 Å². The van der Waals surface area contributed by atoms with E-state index in [1.165, 1.54) is 5.69 Å². The third kappa shape index (κ3) is 3.28. The number of hydrogen-bond donors (Lipinski definition) is 1. The highest BCUT2D eigenvalue weighted by atomic mass is 35.5. The number of anilines is 2. The summed E-state index contributed by atoms with van der Waals surface area (Å²) in [5.74, 6) is 0.618. The lowest BCUT2D eigenvalue weighted by molar-refractivity contribution is 0.463. The molecule has 1 aliphatic heterocycles. The van der Waals surface area contributed by atoms with Crippen LogP contribution >= 0.6 is 11.6 Å². The average molecular weight is 308 g/mol. The van der Waals surface area contributed by atoms with E-state index in [0.717, 1.165) is 31.2 Å². The summed E-state index contributed by atoms with van der Waals surface area (Å²) < 4.78 is 5.63. The smallest absolute Gasteiger partial charge is 0.318 e. The molecule has 0 atom stereocenters. The van der Waals surface area contributed by atoms with Gasteiger partial charge in [0.15, 0.2) is 0 Å². The largest absolute Gasteiger partial charge is 0.407 e. The van der Waals surface area contributed by atoms with E-state index >= 15 is 0 Å². The van der Waals surface area contributed by atoms with E-state index in [4.69, 9.17) is 16.0 Å². The van der Waals surface area contributed by atoms with Gasteiger partial charge < -0.3 is 19.5 Å². The first-order valence-electron chi connectivity index (χ1n) is 6.99. The van der Waals surface area contributed by atoms with Gasteiger partial charge in [-0.25, -0.2) is 0 Å². The van der Waals surface area contributed by atoms with E-state index in [1.807, 2.05) is 19.2 Å². The number of piperazine rings is 1. The van der Waals surface area contributed by atoms with Gasteiger partial charge in [0.05, 0.1) is 6.54 Å². The van der Waals surface area contributed by atoms with Crippen LogP contribution in [0.2, 0.25) is 5.02 Å². The summed E-state index contributed by atoms with van der Waals surface area (Å²) in [6.45, 7) is 4.17. The van der Waals surface area contributed by atoms with Crippen molar-refractivity contribution in [3.63, 3.8) is 0 Å². The molecule has 1 aromatic heterocycles. The van der Waals surface area contributed by atoms with Crippen LogP contribution < -0.4 is 15.1 Å². The fraction of sp³-hybridized carbons (Fsp3) is 0.429. The molecule has 1 saturated heterocycles. The molecule has 0 spiro atoms. The predicted octanol–water partition coefficient (Wildman–Crippen LogP) is 1.77. The van der Waals surface area contributed by atoms with Gasteiger partial charge in [-0.1, -0.05) is 16.7 Å². The van der Waals surface area contributed by atoms with Crippen molar-refractivity contribution in [1.29, 1.82) is 0 Å². The van der Waals surface area contributed by atoms with Crippen LogP contribution in [0, 0.1) is 0 Å². The minimum absolute atomic E-state index is 0.595. The lowest BCUT2D eigenvalue weighted by Crippen LogP contribution is -2.46. The predicted molar refractivity (Wildman–Crippen MR) is 82.9 cm³/mol. The monoisotopic (exact) mass is 307 g/mol. The molecule has 0 saturated carbocycles. The number of halogens is 1. The van der Waals surface area contributed by atoms with Crippen molar-refractivity contribution in [2.24, 2.45) is 0 Å². The molecule has 7 heteroatoms. The van der Waals surface area contributed by atoms with Gasteiger partial charge in [-0.3, -0.25) is 0 Å². The summed E-state index contributed by atoms with van der Waals surface area (Å²) in [6, 6.07) is 8.55. The standard InChI is InChI=1S/C14H18ClN5O/c1-16-10-13-17-18-14(21-13)20-8-6-19(7-9-20)12-4-2-11(15)3-5-12/h2-5,16H,6-10H2,1H3. The normalized spacial score (nSPS) is 15.5. The van der Waals surface area contributed by atoms with E-state index in [0.29, 0.717) is 18.5 Å². The highest BCUT2D eigenvalue weighted by Crippen LogP contribution is 2.21. The fourth-order valence-corrected chi connectivity index (χ4v) is 2.53. The molecule has 0 unspecified atom stereocenters. The van der Waals surface area contributed by atoms with Crippen LogP contribution in [0.5, 0.6) is 0 Å². The minimum atomic E-state index is 0.595. The summed E-state index contributed by atoms with van der Waals surface area (Å²) in [5, 5.41) is 11.9. The third-order valence-electron chi connectivity index (χ3n) is 3.53. The van der Waals surface area contributed by atoms with Gasteiger partial charge >= 0.3 is 6.01 Å². The molecule has 0 amide bonds. The number of nitrogens with one attached hydrogen (secondary N) is 1. The Balaban J connectivity index is 1.60. The van der Waals surface area contributed by atoms with Crippen LogP contribution in [-0.4, -0.2) is 43.4 Å². The number of hydrogen-bond acceptors (Lipinski definition) is 6. The Hall–Kier alpha value is -1.79. The Kier molecular flexibility index (Phi) is 4.26. The lowest BCUT2D eigenvalue weighted by Gasteiger charge is -2.35. The minimum Gasteiger partial charge on any atom is -0.407 e. The zero-order valence-corrected chi connectivity index (χ0v) is 12.7. The quantitative estimate of drug-likeness (QED) is 0.929. The van der Waals surface area contributed by atoms with Crippen molar-refractivity contribution in [1.82, 2.24) is 15.5 Å². The Morgan fingerprint density at radius 2 is 1.76 bits per heavy atom. The maximum atomic E-state index is 5.92. The first-order valence-corrected chi connectivity index (χ1v) is 7.36. The lowest BCUT2D eigenvalue weighted by atomic mass is 10.2. The highest BCUT2D eigenvalue weighted by Gasteiger charge is 2.21. The molecular weight excluding hydrogens is 290 g/mol. The van der Waals surface area contributed by atoms with E-state index in [2.05, 4.69) is 37.4 Å². The van der Waals surface area contributed by atoms with Crippen molar-refractivity contribution in [3.05, 3.63) is 35.2 Å². The van der Waals surface area contributed by atoms with Crippen molar-refractivity contribution < 1.29 is 4.42 Å². The molecule has 3 rings (SSSR count). The summed E-state index contributed by atoms with van der Waals surface area (Å²) in [6.07, 6.45) is 0. The number of benzene rings is 1. The third-order valence-corrected chi connectivity index (χ3v) is 3.78. The van der Waals surface area contributed by atoms with Crippen LogP contribution in [-0.2, 0) is 6.54 Å². The maximum absolute atomic E-state index is 5.92. The Bertz CT molecular complexity index is 577. The van der Waals surface area contributed by atoms with Gasteiger partial charge in [0.1, 0.15) is 0 Å². The number of aromatic nitrogens is 2. The molecule has 0 radical (unpaired) electrons. The molecular formula is C14H18ClN5O. The molecule has 0 bridgehead atoms. The maximum Gasteiger partial charge on any atom is 0.318 e. The van der Waals surface area contributed by atoms with E-state index in [-0.39, 0.29) is 0 Å². The molecule has 1 fully saturated rings. The first-order chi connectivity index (χ1) is 10.3. The van der Waals surface area contributed by atoms with E-state index in [1.54, 1.807) is 0 Å². The SMILES string of the molecule is CNCc1nnc(N2CCN(c3ccc(Cl)cc3)CC2)o1. The molecule has 0 aliphatic carbocycles. The zero-order chi connectivity index (χ0) is 14.7. The Morgan fingerprint density at radius 1 is 1.10 bits per heavy atom. The molecule has 21 heavy (non-hydrogen) atoms. The number of rotatable bonds is 4. The summed E-state index contributed by atoms with van der Waals surface area (Å²) in [5.41, 5.74) is 1.19. The summed E-state index contributed by atoms with van der Waals surface area (Å²) >= 11 is 5.92. The Labute approximate surface area is 128 Å². The van der Waals surface area contributed by atoms with Gasteiger partial charge in [0, 0.05) is 36.9 Å². The zero-order valence-electron chi connectivity index (χ0n) is 11.9. The van der Waals surface area contributed by atoms with Crippen LogP contribution in [0.4, 0.5) is 11.7 Å². The van der Waals surface area contributed by atoms with Crippen molar-refractivity contribution >= 4 is 23.3 Å². The molecule has 6 nitrogen and oxygen atoms in total. The van der Waals surface area contributed by atoms with Crippen molar-refractivity contribution in [2.45, 2.75) is 6.54 Å². The molecule has 2 heterocycles. The van der Waals surface area contributed by atoms with Gasteiger partial charge in [-0.15, -0.1) is 5.10 Å². The van der Waals surface area contributed by atoms with Crippen LogP contribution in [0.25, 0.3) is 0 Å². The molecule has 1 aliphatic rings. The van der Waals surface area contributed by atoms with Crippen molar-refractivity contribution in [3.8, 4) is 0 Å². The van der Waals surface area contributed by atoms with Gasteiger partial charge in [0.25, 0.3) is 0 Å². The summed E-state index contributed by atoms with van der Waals surface area (Å²) in [4.78, 5) is 4.45. The fourth-order valence-electron chi connectivity index (χ4n) is 2.40. The van der Waals surface area contributed by atoms with Crippen molar-refractivity contribution in [2.75, 3.05) is 43.0 Å². The molecule has 1 N–H and O–H groups in total. The second-order valence-electron chi connectivity index (χ2n) is 4.96. The summed E-state index contributed by atoms with van der Waals surface area (Å²) in [7, 11) is 1.86. The first kappa shape index (κ1) is 14.2. The average Bonchev–Trinajstić information content (AvgIpc) is 2.97. The van der Waals surface area contributed by atoms with E-state index < -0.39 is 0 Å². The topological polar surface area (TPSA) is 57.4 Å². The molecule has 112 valence electrons. The van der Waals surface area contributed by atoms with Crippen LogP contribution in [0.3, 0.4) is 0 Å². The second-order valence-corrected chi connectivity index (χ2v) is 5.40. The number of nitrogens with zero attached hydrogens (tertiary/aromatic N) is 4. The van der Waals surface area contributed by atoms with Crippen LogP contribution in [0.15, 0.2) is 28.7 Å². The Morgan fingerprint density at radius 3 is 2.43 bits per heavy atom. The van der Waals surface area contributed by atoms with Gasteiger partial charge in [-0.05, 0) is 31.3 Å². The highest BCUT2D eigenvalue weighted by molar-refractivity contribution is 6.30. The van der Waals surface area contributed by atoms with Gasteiger partial charge in [0.2, 0.25) is 5.89 Å². The van der Waals surface area contributed by atoms with Crippen LogP contribution in [0.1, 0.15) is 5.89 Å². The molecule has 2 aromatic rings. The van der Waals surface area contributed by atoms with E-state index in [9.17, 15) is 0 Å².